The van der Waals surface area contributed by atoms with Crippen LogP contribution < -0.4 is 10.2 Å². The average Bonchev–Trinajstić information content (AvgIpc) is 2.64. The van der Waals surface area contributed by atoms with Gasteiger partial charge in [0, 0.05) is 24.2 Å². The van der Waals surface area contributed by atoms with Gasteiger partial charge in [0.1, 0.15) is 5.82 Å². The Morgan fingerprint density at radius 1 is 0.880 bits per heavy atom. The molecule has 1 saturated heterocycles. The van der Waals surface area contributed by atoms with Crippen LogP contribution >= 0.6 is 12.4 Å². The molecular formula is C20H23ClN4. The van der Waals surface area contributed by atoms with Gasteiger partial charge in [-0.3, -0.25) is 0 Å². The quantitative estimate of drug-likeness (QED) is 0.711. The molecule has 3 aromatic rings. The summed E-state index contributed by atoms with van der Waals surface area (Å²) in [6.45, 7) is 4.24. The first-order chi connectivity index (χ1) is 11.8. The summed E-state index contributed by atoms with van der Waals surface area (Å²) in [7, 11) is 0. The normalized spacial score (nSPS) is 14.2. The summed E-state index contributed by atoms with van der Waals surface area (Å²) < 4.78 is 0. The van der Waals surface area contributed by atoms with E-state index in [2.05, 4.69) is 47.5 Å². The Balaban J connectivity index is 0.00000182. The molecule has 1 aliphatic rings. The molecule has 130 valence electrons. The van der Waals surface area contributed by atoms with Crippen LogP contribution in [0.1, 0.15) is 24.8 Å². The smallest absolute Gasteiger partial charge is 0.229 e. The van der Waals surface area contributed by atoms with Crippen molar-refractivity contribution in [3.8, 4) is 0 Å². The van der Waals surface area contributed by atoms with Crippen molar-refractivity contribution >= 4 is 40.8 Å². The molecule has 0 atom stereocenters. The van der Waals surface area contributed by atoms with E-state index in [1.54, 1.807) is 0 Å². The lowest BCUT2D eigenvalue weighted by molar-refractivity contribution is 0.575. The monoisotopic (exact) mass is 354 g/mol. The van der Waals surface area contributed by atoms with E-state index in [4.69, 9.17) is 9.97 Å². The van der Waals surface area contributed by atoms with Gasteiger partial charge in [-0.2, -0.15) is 4.98 Å². The van der Waals surface area contributed by atoms with Gasteiger partial charge in [-0.15, -0.1) is 12.4 Å². The van der Waals surface area contributed by atoms with Crippen molar-refractivity contribution in [2.75, 3.05) is 23.3 Å². The van der Waals surface area contributed by atoms with E-state index in [0.29, 0.717) is 5.95 Å². The van der Waals surface area contributed by atoms with Crippen LogP contribution in [0.15, 0.2) is 48.5 Å². The van der Waals surface area contributed by atoms with E-state index in [-0.39, 0.29) is 12.4 Å². The molecule has 0 unspecified atom stereocenters. The summed E-state index contributed by atoms with van der Waals surface area (Å²) in [5.41, 5.74) is 3.23. The van der Waals surface area contributed by atoms with E-state index >= 15 is 0 Å². The van der Waals surface area contributed by atoms with Crippen LogP contribution in [-0.2, 0) is 0 Å². The van der Waals surface area contributed by atoms with E-state index in [0.717, 1.165) is 35.5 Å². The Kier molecular flexibility index (Phi) is 5.39. The van der Waals surface area contributed by atoms with Gasteiger partial charge in [-0.05, 0) is 49.9 Å². The number of halogens is 1. The average molecular weight is 355 g/mol. The molecule has 4 nitrogen and oxygen atoms in total. The molecule has 0 aliphatic carbocycles. The summed E-state index contributed by atoms with van der Waals surface area (Å²) >= 11 is 0. The highest BCUT2D eigenvalue weighted by Crippen LogP contribution is 2.29. The molecule has 0 amide bonds. The van der Waals surface area contributed by atoms with Crippen LogP contribution in [0.5, 0.6) is 0 Å². The highest BCUT2D eigenvalue weighted by atomic mass is 35.5. The first-order valence-electron chi connectivity index (χ1n) is 8.66. The van der Waals surface area contributed by atoms with Crippen molar-refractivity contribution in [2.24, 2.45) is 0 Å². The van der Waals surface area contributed by atoms with Crippen molar-refractivity contribution in [1.82, 2.24) is 9.97 Å². The number of rotatable bonds is 3. The maximum atomic E-state index is 4.86. The number of benzene rings is 2. The van der Waals surface area contributed by atoms with Gasteiger partial charge in [-0.25, -0.2) is 4.98 Å². The molecule has 1 aliphatic heterocycles. The Bertz CT molecular complexity index is 859. The van der Waals surface area contributed by atoms with Crippen LogP contribution in [0.25, 0.3) is 10.9 Å². The molecule has 0 radical (unpaired) electrons. The summed E-state index contributed by atoms with van der Waals surface area (Å²) in [6, 6.07) is 16.5. The van der Waals surface area contributed by atoms with Crippen LogP contribution in [-0.4, -0.2) is 23.1 Å². The van der Waals surface area contributed by atoms with Crippen molar-refractivity contribution in [2.45, 2.75) is 26.2 Å². The summed E-state index contributed by atoms with van der Waals surface area (Å²) in [5, 5.41) is 4.53. The maximum absolute atomic E-state index is 4.86. The van der Waals surface area contributed by atoms with Crippen molar-refractivity contribution in [3.05, 3.63) is 54.1 Å². The standard InChI is InChI=1S/C20H22N4.ClH/c1-15-9-3-5-11-17(15)21-20-22-18-12-6-4-10-16(18)19(23-20)24-13-7-2-8-14-24;/h3-6,9-12H,2,7-8,13-14H2,1H3,(H,21,22,23);1H. The van der Waals surface area contributed by atoms with E-state index in [9.17, 15) is 0 Å². The molecular weight excluding hydrogens is 332 g/mol. The second-order valence-electron chi connectivity index (χ2n) is 6.38. The molecule has 1 N–H and O–H groups in total. The second kappa shape index (κ2) is 7.70. The van der Waals surface area contributed by atoms with Gasteiger partial charge in [0.25, 0.3) is 0 Å². The highest BCUT2D eigenvalue weighted by molar-refractivity contribution is 5.90. The number of hydrogen-bond acceptors (Lipinski definition) is 4. The predicted octanol–water partition coefficient (Wildman–Crippen LogP) is 5.09. The zero-order valence-corrected chi connectivity index (χ0v) is 15.2. The number of piperidine rings is 1. The van der Waals surface area contributed by atoms with Crippen LogP contribution in [0, 0.1) is 6.92 Å². The first kappa shape index (κ1) is 17.5. The number of aryl methyl sites for hydroxylation is 1. The van der Waals surface area contributed by atoms with Gasteiger partial charge in [0.2, 0.25) is 5.95 Å². The fourth-order valence-corrected chi connectivity index (χ4v) is 3.30. The lowest BCUT2D eigenvalue weighted by Crippen LogP contribution is -2.30. The Hall–Kier alpha value is -2.33. The molecule has 1 fully saturated rings. The number of hydrogen-bond donors (Lipinski definition) is 1. The Labute approximate surface area is 154 Å². The van der Waals surface area contributed by atoms with Gasteiger partial charge in [0.05, 0.1) is 5.52 Å². The molecule has 0 saturated carbocycles. The zero-order chi connectivity index (χ0) is 16.4. The minimum Gasteiger partial charge on any atom is -0.356 e. The molecule has 2 aromatic carbocycles. The number of fused-ring (bicyclic) bond motifs is 1. The topological polar surface area (TPSA) is 41.1 Å². The van der Waals surface area contributed by atoms with Crippen LogP contribution in [0.4, 0.5) is 17.5 Å². The molecule has 1 aromatic heterocycles. The number of anilines is 3. The van der Waals surface area contributed by atoms with Gasteiger partial charge in [-0.1, -0.05) is 30.3 Å². The third-order valence-electron chi connectivity index (χ3n) is 4.63. The Morgan fingerprint density at radius 2 is 1.60 bits per heavy atom. The number of aromatic nitrogens is 2. The second-order valence-corrected chi connectivity index (χ2v) is 6.38. The van der Waals surface area contributed by atoms with Crippen molar-refractivity contribution in [3.63, 3.8) is 0 Å². The minimum absolute atomic E-state index is 0. The van der Waals surface area contributed by atoms with Gasteiger partial charge in [0.15, 0.2) is 0 Å². The molecule has 25 heavy (non-hydrogen) atoms. The SMILES string of the molecule is Cc1ccccc1Nc1nc(N2CCCCC2)c2ccccc2n1.Cl. The summed E-state index contributed by atoms with van der Waals surface area (Å²) in [6.07, 6.45) is 3.78. The van der Waals surface area contributed by atoms with Gasteiger partial charge < -0.3 is 10.2 Å². The maximum Gasteiger partial charge on any atom is 0.229 e. The fraction of sp³-hybridized carbons (Fsp3) is 0.300. The van der Waals surface area contributed by atoms with Crippen LogP contribution in [0.3, 0.4) is 0 Å². The van der Waals surface area contributed by atoms with Crippen LogP contribution in [0.2, 0.25) is 0 Å². The van der Waals surface area contributed by atoms with Crippen molar-refractivity contribution < 1.29 is 0 Å². The van der Waals surface area contributed by atoms with E-state index in [1.165, 1.54) is 24.8 Å². The van der Waals surface area contributed by atoms with Crippen molar-refractivity contribution in [1.29, 1.82) is 0 Å². The number of nitrogens with zero attached hydrogens (tertiary/aromatic N) is 3. The first-order valence-corrected chi connectivity index (χ1v) is 8.66. The lowest BCUT2D eigenvalue weighted by Gasteiger charge is -2.29. The van der Waals surface area contributed by atoms with E-state index < -0.39 is 0 Å². The summed E-state index contributed by atoms with van der Waals surface area (Å²) in [5.74, 6) is 1.72. The van der Waals surface area contributed by atoms with E-state index in [1.807, 2.05) is 18.2 Å². The highest BCUT2D eigenvalue weighted by Gasteiger charge is 2.17. The molecule has 0 bridgehead atoms. The Morgan fingerprint density at radius 3 is 2.40 bits per heavy atom. The predicted molar refractivity (Wildman–Crippen MR) is 107 cm³/mol. The number of para-hydroxylation sites is 2. The fourth-order valence-electron chi connectivity index (χ4n) is 3.30. The molecule has 5 heteroatoms. The third kappa shape index (κ3) is 3.69. The molecule has 4 rings (SSSR count). The molecule has 0 spiro atoms. The lowest BCUT2D eigenvalue weighted by atomic mass is 10.1. The minimum atomic E-state index is 0. The third-order valence-corrected chi connectivity index (χ3v) is 4.63. The molecule has 2 heterocycles. The van der Waals surface area contributed by atoms with Gasteiger partial charge >= 0.3 is 0 Å². The summed E-state index contributed by atoms with van der Waals surface area (Å²) in [4.78, 5) is 12.0. The largest absolute Gasteiger partial charge is 0.356 e. The zero-order valence-electron chi connectivity index (χ0n) is 14.4. The number of nitrogens with one attached hydrogen (secondary N) is 1.